The van der Waals surface area contributed by atoms with E-state index in [4.69, 9.17) is 0 Å². The summed E-state index contributed by atoms with van der Waals surface area (Å²) in [6, 6.07) is 5.61. The summed E-state index contributed by atoms with van der Waals surface area (Å²) in [5.41, 5.74) is 0.162. The number of hydrogen-bond acceptors (Lipinski definition) is 1. The van der Waals surface area contributed by atoms with Gasteiger partial charge in [-0.05, 0) is 30.7 Å². The first kappa shape index (κ1) is 12.3. The van der Waals surface area contributed by atoms with Crippen LogP contribution in [-0.4, -0.2) is 6.54 Å². The van der Waals surface area contributed by atoms with Gasteiger partial charge in [-0.3, -0.25) is 0 Å². The predicted molar refractivity (Wildman–Crippen MR) is 54.1 cm³/mol. The molecule has 1 saturated heterocycles. The van der Waals surface area contributed by atoms with Crippen LogP contribution in [0.4, 0.5) is 13.2 Å². The first-order valence-electron chi connectivity index (χ1n) is 4.48. The van der Waals surface area contributed by atoms with Gasteiger partial charge in [-0.2, -0.15) is 13.2 Å². The Labute approximate surface area is 92.1 Å². The molecule has 1 unspecified atom stereocenters. The third-order valence-electron chi connectivity index (χ3n) is 2.44. The van der Waals surface area contributed by atoms with Gasteiger partial charge < -0.3 is 5.32 Å². The minimum absolute atomic E-state index is 0. The van der Waals surface area contributed by atoms with Crippen molar-refractivity contribution in [3.8, 4) is 0 Å². The standard InChI is InChI=1S/C10H10F3N.ClH/c11-10(12,13)8-3-1-2-7(6-8)9-4-5-14-9;/h1-3,6,9,14H,4-5H2;1H. The van der Waals surface area contributed by atoms with Crippen LogP contribution in [0.25, 0.3) is 0 Å². The summed E-state index contributed by atoms with van der Waals surface area (Å²) in [6.07, 6.45) is -3.32. The van der Waals surface area contributed by atoms with E-state index in [9.17, 15) is 13.2 Å². The molecule has 0 spiro atoms. The highest BCUT2D eigenvalue weighted by Crippen LogP contribution is 2.32. The van der Waals surface area contributed by atoms with Crippen molar-refractivity contribution in [3.63, 3.8) is 0 Å². The number of alkyl halides is 3. The molecule has 1 atom stereocenters. The summed E-state index contributed by atoms with van der Waals surface area (Å²) >= 11 is 0. The molecular formula is C10H11ClF3N. The van der Waals surface area contributed by atoms with Crippen LogP contribution in [0.5, 0.6) is 0 Å². The quantitative estimate of drug-likeness (QED) is 0.791. The summed E-state index contributed by atoms with van der Waals surface area (Å²) < 4.78 is 37.0. The van der Waals surface area contributed by atoms with Crippen LogP contribution in [-0.2, 0) is 6.18 Å². The van der Waals surface area contributed by atoms with E-state index in [-0.39, 0.29) is 18.4 Å². The average molecular weight is 238 g/mol. The molecule has 0 bridgehead atoms. The molecule has 1 aliphatic heterocycles. The van der Waals surface area contributed by atoms with Crippen LogP contribution in [0.1, 0.15) is 23.6 Å². The van der Waals surface area contributed by atoms with Gasteiger partial charge in [0.25, 0.3) is 0 Å². The van der Waals surface area contributed by atoms with Gasteiger partial charge in [-0.1, -0.05) is 12.1 Å². The second kappa shape index (κ2) is 4.41. The number of nitrogens with one attached hydrogen (secondary N) is 1. The van der Waals surface area contributed by atoms with E-state index in [1.807, 2.05) is 0 Å². The number of halogens is 4. The molecule has 1 N–H and O–H groups in total. The Hall–Kier alpha value is -0.740. The maximum absolute atomic E-state index is 12.3. The fourth-order valence-electron chi connectivity index (χ4n) is 1.50. The maximum atomic E-state index is 12.3. The lowest BCUT2D eigenvalue weighted by atomic mass is 9.96. The second-order valence-electron chi connectivity index (χ2n) is 3.42. The largest absolute Gasteiger partial charge is 0.416 e. The molecule has 5 heteroatoms. The molecule has 1 aromatic rings. The molecule has 1 fully saturated rings. The average Bonchev–Trinajstić information content (AvgIpc) is 2.00. The lowest BCUT2D eigenvalue weighted by Gasteiger charge is -2.28. The molecule has 84 valence electrons. The van der Waals surface area contributed by atoms with E-state index in [2.05, 4.69) is 5.32 Å². The van der Waals surface area contributed by atoms with Crippen molar-refractivity contribution in [3.05, 3.63) is 35.4 Å². The smallest absolute Gasteiger partial charge is 0.310 e. The Morgan fingerprint density at radius 3 is 2.40 bits per heavy atom. The third kappa shape index (κ3) is 2.63. The lowest BCUT2D eigenvalue weighted by Crippen LogP contribution is -2.35. The molecule has 1 aromatic carbocycles. The van der Waals surface area contributed by atoms with Crippen LogP contribution in [0.15, 0.2) is 24.3 Å². The molecule has 0 radical (unpaired) electrons. The Bertz CT molecular complexity index is 334. The summed E-state index contributed by atoms with van der Waals surface area (Å²) in [5, 5.41) is 3.07. The molecular weight excluding hydrogens is 227 g/mol. The Balaban J connectivity index is 0.00000112. The third-order valence-corrected chi connectivity index (χ3v) is 2.44. The fourth-order valence-corrected chi connectivity index (χ4v) is 1.50. The van der Waals surface area contributed by atoms with Gasteiger partial charge in [-0.15, -0.1) is 12.4 Å². The number of rotatable bonds is 1. The van der Waals surface area contributed by atoms with Crippen molar-refractivity contribution in [1.82, 2.24) is 5.32 Å². The van der Waals surface area contributed by atoms with Gasteiger partial charge in [0.05, 0.1) is 5.56 Å². The SMILES string of the molecule is Cl.FC(F)(F)c1cccc(C2CCN2)c1. The highest BCUT2D eigenvalue weighted by molar-refractivity contribution is 5.85. The first-order chi connectivity index (χ1) is 6.57. The Morgan fingerprint density at radius 2 is 1.93 bits per heavy atom. The summed E-state index contributed by atoms with van der Waals surface area (Å²) in [7, 11) is 0. The minimum atomic E-state index is -4.24. The highest BCUT2D eigenvalue weighted by Gasteiger charge is 2.31. The number of benzene rings is 1. The zero-order chi connectivity index (χ0) is 10.2. The van der Waals surface area contributed by atoms with E-state index in [0.29, 0.717) is 0 Å². The van der Waals surface area contributed by atoms with E-state index in [1.165, 1.54) is 12.1 Å². The van der Waals surface area contributed by atoms with Crippen molar-refractivity contribution in [2.24, 2.45) is 0 Å². The van der Waals surface area contributed by atoms with Crippen molar-refractivity contribution < 1.29 is 13.2 Å². The van der Waals surface area contributed by atoms with Crippen LogP contribution >= 0.6 is 12.4 Å². The van der Waals surface area contributed by atoms with Gasteiger partial charge in [-0.25, -0.2) is 0 Å². The zero-order valence-electron chi connectivity index (χ0n) is 7.84. The van der Waals surface area contributed by atoms with Crippen molar-refractivity contribution in [2.45, 2.75) is 18.6 Å². The molecule has 1 heterocycles. The molecule has 1 nitrogen and oxygen atoms in total. The van der Waals surface area contributed by atoms with E-state index in [1.54, 1.807) is 6.07 Å². The second-order valence-corrected chi connectivity index (χ2v) is 3.42. The lowest BCUT2D eigenvalue weighted by molar-refractivity contribution is -0.137. The molecule has 0 aromatic heterocycles. The number of hydrogen-bond donors (Lipinski definition) is 1. The molecule has 0 amide bonds. The van der Waals surface area contributed by atoms with Gasteiger partial charge >= 0.3 is 6.18 Å². The minimum Gasteiger partial charge on any atom is -0.310 e. The normalized spacial score (nSPS) is 20.3. The molecule has 2 rings (SSSR count). The Kier molecular flexibility index (Phi) is 3.62. The molecule has 0 aliphatic carbocycles. The van der Waals surface area contributed by atoms with Crippen molar-refractivity contribution >= 4 is 12.4 Å². The van der Waals surface area contributed by atoms with E-state index < -0.39 is 11.7 Å². The molecule has 0 saturated carbocycles. The van der Waals surface area contributed by atoms with Crippen molar-refractivity contribution in [1.29, 1.82) is 0 Å². The van der Waals surface area contributed by atoms with Crippen LogP contribution in [0.3, 0.4) is 0 Å². The van der Waals surface area contributed by atoms with Crippen LogP contribution in [0, 0.1) is 0 Å². The van der Waals surface area contributed by atoms with Crippen molar-refractivity contribution in [2.75, 3.05) is 6.54 Å². The van der Waals surface area contributed by atoms with Crippen LogP contribution < -0.4 is 5.32 Å². The summed E-state index contributed by atoms with van der Waals surface area (Å²) in [4.78, 5) is 0. The van der Waals surface area contributed by atoms with Gasteiger partial charge in [0, 0.05) is 6.04 Å². The topological polar surface area (TPSA) is 12.0 Å². The molecule has 15 heavy (non-hydrogen) atoms. The zero-order valence-corrected chi connectivity index (χ0v) is 8.66. The van der Waals surface area contributed by atoms with Crippen LogP contribution in [0.2, 0.25) is 0 Å². The highest BCUT2D eigenvalue weighted by atomic mass is 35.5. The molecule has 1 aliphatic rings. The van der Waals surface area contributed by atoms with Gasteiger partial charge in [0.15, 0.2) is 0 Å². The Morgan fingerprint density at radius 1 is 1.27 bits per heavy atom. The predicted octanol–water partition coefficient (Wildman–Crippen LogP) is 3.16. The van der Waals surface area contributed by atoms with Gasteiger partial charge in [0.2, 0.25) is 0 Å². The maximum Gasteiger partial charge on any atom is 0.416 e. The first-order valence-corrected chi connectivity index (χ1v) is 4.48. The summed E-state index contributed by atoms with van der Waals surface area (Å²) in [6.45, 7) is 0.890. The van der Waals surface area contributed by atoms with E-state index >= 15 is 0 Å². The van der Waals surface area contributed by atoms with E-state index in [0.717, 1.165) is 24.6 Å². The fraction of sp³-hybridized carbons (Fsp3) is 0.400. The monoisotopic (exact) mass is 237 g/mol. The van der Waals surface area contributed by atoms with Gasteiger partial charge in [0.1, 0.15) is 0 Å². The summed E-state index contributed by atoms with van der Waals surface area (Å²) in [5.74, 6) is 0.